The molecular weight excluding hydrogens is 530 g/mol. The van der Waals surface area contributed by atoms with Gasteiger partial charge in [-0.2, -0.15) is 0 Å². The highest BCUT2D eigenvalue weighted by Crippen LogP contribution is 2.53. The molecule has 1 aliphatic heterocycles. The van der Waals surface area contributed by atoms with Crippen LogP contribution >= 0.6 is 0 Å². The maximum atomic E-state index is 13.9. The minimum atomic E-state index is -0.512. The van der Waals surface area contributed by atoms with E-state index in [9.17, 15) is 14.9 Å². The Morgan fingerprint density at radius 1 is 0.810 bits per heavy atom. The molecule has 216 valence electrons. The molecule has 0 aliphatic carbocycles. The molecule has 0 aromatic heterocycles. The number of hydrogen-bond acceptors (Lipinski definition) is 6. The third-order valence-corrected chi connectivity index (χ3v) is 7.91. The van der Waals surface area contributed by atoms with E-state index in [1.807, 2.05) is 58.0 Å². The van der Waals surface area contributed by atoms with E-state index in [-0.39, 0.29) is 23.7 Å². The molecule has 4 aromatic rings. The molecule has 5 rings (SSSR count). The second kappa shape index (κ2) is 11.7. The van der Waals surface area contributed by atoms with Gasteiger partial charge >= 0.3 is 0 Å². The highest BCUT2D eigenvalue weighted by Gasteiger charge is 2.57. The Bertz CT molecular complexity index is 1530. The number of nitro benzene ring substituents is 1. The molecule has 4 aromatic carbocycles. The first kappa shape index (κ1) is 28.8. The van der Waals surface area contributed by atoms with E-state index in [0.29, 0.717) is 5.69 Å². The number of nitrogens with zero attached hydrogens (tertiary/aromatic N) is 2. The predicted octanol–water partition coefficient (Wildman–Crippen LogP) is 7.00. The lowest BCUT2D eigenvalue weighted by Gasteiger charge is -2.25. The first-order valence-electron chi connectivity index (χ1n) is 13.8. The number of para-hydroxylation sites is 1. The van der Waals surface area contributed by atoms with Gasteiger partial charge in [0, 0.05) is 17.8 Å². The number of amides is 1. The van der Waals surface area contributed by atoms with E-state index in [0.717, 1.165) is 50.4 Å². The first-order valence-corrected chi connectivity index (χ1v) is 13.8. The summed E-state index contributed by atoms with van der Waals surface area (Å²) in [6.45, 7) is 8.08. The van der Waals surface area contributed by atoms with Crippen LogP contribution in [0.3, 0.4) is 0 Å². The van der Waals surface area contributed by atoms with Crippen molar-refractivity contribution >= 4 is 17.3 Å². The number of benzene rings is 4. The summed E-state index contributed by atoms with van der Waals surface area (Å²) in [5, 5.41) is 14.4. The Balaban J connectivity index is 1.66. The van der Waals surface area contributed by atoms with Crippen molar-refractivity contribution in [2.24, 2.45) is 0 Å². The number of carbonyl (C=O) groups excluding carboxylic acids is 1. The molecule has 1 saturated heterocycles. The van der Waals surface area contributed by atoms with E-state index in [4.69, 9.17) is 9.47 Å². The lowest BCUT2D eigenvalue weighted by atomic mass is 9.92. The highest BCUT2D eigenvalue weighted by molar-refractivity contribution is 5.97. The molecule has 0 spiro atoms. The Labute approximate surface area is 246 Å². The van der Waals surface area contributed by atoms with Gasteiger partial charge in [-0.25, -0.2) is 0 Å². The number of nitrogens with one attached hydrogen (secondary N) is 1. The summed E-state index contributed by atoms with van der Waals surface area (Å²) in [5.74, 6) is 1.52. The fourth-order valence-electron chi connectivity index (χ4n) is 6.20. The van der Waals surface area contributed by atoms with Gasteiger partial charge < -0.3 is 14.8 Å². The van der Waals surface area contributed by atoms with E-state index < -0.39 is 11.0 Å². The second-order valence-corrected chi connectivity index (χ2v) is 10.8. The van der Waals surface area contributed by atoms with Gasteiger partial charge in [0.25, 0.3) is 5.69 Å². The molecule has 1 N–H and O–H groups in total. The van der Waals surface area contributed by atoms with Crippen LogP contribution in [0.25, 0.3) is 0 Å². The van der Waals surface area contributed by atoms with Crippen molar-refractivity contribution in [2.75, 3.05) is 19.5 Å². The number of methoxy groups -OCH3 is 2. The van der Waals surface area contributed by atoms with Gasteiger partial charge in [-0.1, -0.05) is 54.6 Å². The van der Waals surface area contributed by atoms with Gasteiger partial charge in [0.05, 0.1) is 31.2 Å². The number of anilines is 1. The van der Waals surface area contributed by atoms with Crippen LogP contribution in [0, 0.1) is 37.8 Å². The van der Waals surface area contributed by atoms with Crippen molar-refractivity contribution in [3.63, 3.8) is 0 Å². The quantitative estimate of drug-likeness (QED) is 0.133. The molecule has 3 atom stereocenters. The predicted molar refractivity (Wildman–Crippen MR) is 163 cm³/mol. The molecule has 1 unspecified atom stereocenters. The summed E-state index contributed by atoms with van der Waals surface area (Å²) in [6, 6.07) is 23.2. The van der Waals surface area contributed by atoms with Crippen molar-refractivity contribution in [3.8, 4) is 11.5 Å². The zero-order valence-corrected chi connectivity index (χ0v) is 24.7. The molecule has 0 saturated carbocycles. The Hall–Kier alpha value is -4.69. The number of nitro groups is 1. The van der Waals surface area contributed by atoms with Crippen LogP contribution in [-0.4, -0.2) is 36.0 Å². The summed E-state index contributed by atoms with van der Waals surface area (Å²) >= 11 is 0. The average molecular weight is 566 g/mol. The fraction of sp³-hybridized carbons (Fsp3) is 0.265. The van der Waals surface area contributed by atoms with Crippen molar-refractivity contribution in [2.45, 2.75) is 45.8 Å². The summed E-state index contributed by atoms with van der Waals surface area (Å²) < 4.78 is 11.3. The van der Waals surface area contributed by atoms with Crippen LogP contribution in [0.1, 0.15) is 51.0 Å². The zero-order chi connectivity index (χ0) is 30.1. The van der Waals surface area contributed by atoms with E-state index >= 15 is 0 Å². The Morgan fingerprint density at radius 3 is 1.71 bits per heavy atom. The summed E-state index contributed by atoms with van der Waals surface area (Å²) in [7, 11) is 3.34. The van der Waals surface area contributed by atoms with Gasteiger partial charge in [-0.15, -0.1) is 0 Å². The largest absolute Gasteiger partial charge is 0.496 e. The topological polar surface area (TPSA) is 93.7 Å². The maximum absolute atomic E-state index is 13.9. The average Bonchev–Trinajstić information content (AvgIpc) is 3.68. The SMILES string of the molecule is COc1c(C)cc(C(c2cc(C)c(OC)c(C)c2)N2[C@@H](C(=O)Nc3ccccc3)[C@@H]2c2ccc([N+](=O)[O-])cc2)cc1C. The second-order valence-electron chi connectivity index (χ2n) is 10.8. The smallest absolute Gasteiger partial charge is 0.269 e. The lowest BCUT2D eigenvalue weighted by Crippen LogP contribution is -2.24. The van der Waals surface area contributed by atoms with Gasteiger partial charge in [0.1, 0.15) is 17.5 Å². The number of hydrogen-bond donors (Lipinski definition) is 1. The number of carbonyl (C=O) groups is 1. The van der Waals surface area contributed by atoms with Gasteiger partial charge in [0.15, 0.2) is 0 Å². The lowest BCUT2D eigenvalue weighted by molar-refractivity contribution is -0.384. The van der Waals surface area contributed by atoms with Gasteiger partial charge in [-0.05, 0) is 78.8 Å². The van der Waals surface area contributed by atoms with Crippen molar-refractivity contribution in [1.82, 2.24) is 4.90 Å². The van der Waals surface area contributed by atoms with E-state index in [1.54, 1.807) is 26.4 Å². The highest BCUT2D eigenvalue weighted by atomic mass is 16.6. The van der Waals surface area contributed by atoms with Crippen LogP contribution in [0.2, 0.25) is 0 Å². The number of rotatable bonds is 9. The number of aryl methyl sites for hydroxylation is 4. The van der Waals surface area contributed by atoms with Gasteiger partial charge in [-0.3, -0.25) is 19.8 Å². The Kier molecular flexibility index (Phi) is 8.00. The molecule has 8 heteroatoms. The normalized spacial score (nSPS) is 17.5. The fourth-order valence-corrected chi connectivity index (χ4v) is 6.20. The van der Waals surface area contributed by atoms with E-state index in [2.05, 4.69) is 34.5 Å². The van der Waals surface area contributed by atoms with Crippen LogP contribution in [0.4, 0.5) is 11.4 Å². The maximum Gasteiger partial charge on any atom is 0.269 e. The van der Waals surface area contributed by atoms with E-state index in [1.165, 1.54) is 12.1 Å². The summed E-state index contributed by atoms with van der Waals surface area (Å²) in [5.41, 5.74) is 7.60. The molecule has 42 heavy (non-hydrogen) atoms. The minimum absolute atomic E-state index is 0.00981. The summed E-state index contributed by atoms with van der Waals surface area (Å²) in [6.07, 6.45) is 0. The van der Waals surface area contributed by atoms with Gasteiger partial charge in [0.2, 0.25) is 5.91 Å². The van der Waals surface area contributed by atoms with Crippen LogP contribution in [0.15, 0.2) is 78.9 Å². The van der Waals surface area contributed by atoms with Crippen LogP contribution in [0.5, 0.6) is 11.5 Å². The zero-order valence-electron chi connectivity index (χ0n) is 24.7. The van der Waals surface area contributed by atoms with Crippen LogP contribution < -0.4 is 14.8 Å². The third-order valence-electron chi connectivity index (χ3n) is 7.91. The molecule has 1 fully saturated rings. The Morgan fingerprint density at radius 2 is 1.29 bits per heavy atom. The van der Waals surface area contributed by atoms with Crippen molar-refractivity contribution < 1.29 is 19.2 Å². The first-order chi connectivity index (χ1) is 20.1. The molecule has 0 bridgehead atoms. The summed E-state index contributed by atoms with van der Waals surface area (Å²) in [4.78, 5) is 27.0. The standard InChI is InChI=1S/C34H35N3O5/c1-20-16-25(17-21(2)32(20)41-5)29(26-18-22(3)33(42-6)23(4)19-26)36-30(24-12-14-28(15-13-24)37(39)40)31(36)34(38)35-27-10-8-7-9-11-27/h7-19,29-31H,1-6H3,(H,35,38)/t30-,31+,36?/m0/s1. The molecule has 0 radical (unpaired) electrons. The van der Waals surface area contributed by atoms with Crippen molar-refractivity contribution in [3.05, 3.63) is 128 Å². The van der Waals surface area contributed by atoms with Crippen LogP contribution in [-0.2, 0) is 4.79 Å². The number of non-ortho nitro benzene ring substituents is 1. The molecule has 1 amide bonds. The molecular formula is C34H35N3O5. The number of ether oxygens (including phenoxy) is 2. The monoisotopic (exact) mass is 565 g/mol. The molecule has 1 aliphatic rings. The molecule has 8 nitrogen and oxygen atoms in total. The molecule has 1 heterocycles. The van der Waals surface area contributed by atoms with Crippen molar-refractivity contribution in [1.29, 1.82) is 0 Å². The third kappa shape index (κ3) is 5.45. The minimum Gasteiger partial charge on any atom is -0.496 e.